The van der Waals surface area contributed by atoms with Crippen LogP contribution in [0.15, 0.2) is 42.5 Å². The standard InChI is InChI=1S/C26H31Cl2N3O3/c1-25(33)11-12-31(16-25)22-4-2-3-21(23(22)28)24(32)29-13-14-30-17-26(34,10-9-20(30)15-29)18-5-7-19(27)8-6-18/h2-8,20,33-34H,9-17H2,1H3/t20-,25?,26-/m0/s1. The zero-order valence-corrected chi connectivity index (χ0v) is 20.9. The Bertz CT molecular complexity index is 1080. The molecule has 1 amide bonds. The van der Waals surface area contributed by atoms with E-state index in [-0.39, 0.29) is 11.9 Å². The van der Waals surface area contributed by atoms with Crippen molar-refractivity contribution in [2.24, 2.45) is 0 Å². The lowest BCUT2D eigenvalue weighted by atomic mass is 9.82. The monoisotopic (exact) mass is 503 g/mol. The van der Waals surface area contributed by atoms with Crippen LogP contribution in [0.5, 0.6) is 0 Å². The average Bonchev–Trinajstić information content (AvgIpc) is 3.18. The molecule has 3 heterocycles. The van der Waals surface area contributed by atoms with Crippen molar-refractivity contribution in [2.75, 3.05) is 44.2 Å². The van der Waals surface area contributed by atoms with Gasteiger partial charge in [-0.3, -0.25) is 9.69 Å². The third kappa shape index (κ3) is 4.54. The molecule has 6 nitrogen and oxygen atoms in total. The number of carbonyl (C=O) groups is 1. The lowest BCUT2D eigenvalue weighted by Gasteiger charge is -2.49. The number of halogens is 2. The van der Waals surface area contributed by atoms with E-state index in [1.54, 1.807) is 6.07 Å². The second-order valence-corrected chi connectivity index (χ2v) is 11.1. The van der Waals surface area contributed by atoms with Crippen molar-refractivity contribution in [3.63, 3.8) is 0 Å². The molecule has 34 heavy (non-hydrogen) atoms. The summed E-state index contributed by atoms with van der Waals surface area (Å²) < 4.78 is 0. The third-order valence-electron chi connectivity index (χ3n) is 7.63. The first kappa shape index (κ1) is 23.9. The van der Waals surface area contributed by atoms with E-state index in [2.05, 4.69) is 9.80 Å². The molecule has 0 aliphatic carbocycles. The first-order valence-electron chi connectivity index (χ1n) is 11.9. The number of β-amino-alcohol motifs (C(OH)–C–C–N with tert-alkyl or cyclic N) is 1. The molecule has 5 rings (SSSR count). The number of rotatable bonds is 3. The van der Waals surface area contributed by atoms with Crippen molar-refractivity contribution in [3.05, 3.63) is 63.6 Å². The van der Waals surface area contributed by atoms with Gasteiger partial charge < -0.3 is 20.0 Å². The first-order valence-corrected chi connectivity index (χ1v) is 12.7. The highest BCUT2D eigenvalue weighted by Gasteiger charge is 2.42. The third-order valence-corrected chi connectivity index (χ3v) is 8.28. The van der Waals surface area contributed by atoms with E-state index in [1.165, 1.54) is 0 Å². The summed E-state index contributed by atoms with van der Waals surface area (Å²) in [6.07, 6.45) is 2.12. The molecular formula is C26H31Cl2N3O3. The summed E-state index contributed by atoms with van der Waals surface area (Å²) in [5.41, 5.74) is 0.553. The zero-order chi connectivity index (χ0) is 24.1. The van der Waals surface area contributed by atoms with Crippen molar-refractivity contribution in [1.82, 2.24) is 9.80 Å². The minimum absolute atomic E-state index is 0.0593. The summed E-state index contributed by atoms with van der Waals surface area (Å²) in [6, 6.07) is 13.2. The van der Waals surface area contributed by atoms with Gasteiger partial charge in [0, 0.05) is 50.3 Å². The number of aliphatic hydroxyl groups is 2. The van der Waals surface area contributed by atoms with Crippen LogP contribution in [-0.4, -0.2) is 76.8 Å². The van der Waals surface area contributed by atoms with E-state index in [1.807, 2.05) is 48.2 Å². The van der Waals surface area contributed by atoms with E-state index in [0.29, 0.717) is 67.7 Å². The highest BCUT2D eigenvalue weighted by atomic mass is 35.5. The quantitative estimate of drug-likeness (QED) is 0.667. The molecule has 3 saturated heterocycles. The van der Waals surface area contributed by atoms with Gasteiger partial charge in [-0.15, -0.1) is 0 Å². The average molecular weight is 504 g/mol. The molecule has 0 spiro atoms. The molecule has 0 aromatic heterocycles. The smallest absolute Gasteiger partial charge is 0.255 e. The molecule has 0 radical (unpaired) electrons. The van der Waals surface area contributed by atoms with E-state index >= 15 is 0 Å². The molecule has 8 heteroatoms. The molecule has 3 aliphatic rings. The number of hydrogen-bond donors (Lipinski definition) is 2. The maximum Gasteiger partial charge on any atom is 0.255 e. The van der Waals surface area contributed by atoms with Crippen LogP contribution < -0.4 is 4.90 Å². The SMILES string of the molecule is CC1(O)CCN(c2cccc(C(=O)N3CCN4C[C@](O)(c5ccc(Cl)cc5)CC[C@H]4C3)c2Cl)C1. The minimum atomic E-state index is -0.901. The minimum Gasteiger partial charge on any atom is -0.388 e. The van der Waals surface area contributed by atoms with E-state index < -0.39 is 11.2 Å². The molecule has 2 aromatic carbocycles. The fourth-order valence-electron chi connectivity index (χ4n) is 5.63. The Hall–Kier alpha value is -1.83. The Balaban J connectivity index is 1.28. The van der Waals surface area contributed by atoms with Crippen LogP contribution in [0.25, 0.3) is 0 Å². The van der Waals surface area contributed by atoms with Gasteiger partial charge in [-0.25, -0.2) is 0 Å². The molecule has 182 valence electrons. The predicted octanol–water partition coefficient (Wildman–Crippen LogP) is 3.76. The van der Waals surface area contributed by atoms with Gasteiger partial charge in [-0.2, -0.15) is 0 Å². The van der Waals surface area contributed by atoms with Gasteiger partial charge >= 0.3 is 0 Å². The van der Waals surface area contributed by atoms with E-state index in [4.69, 9.17) is 23.2 Å². The topological polar surface area (TPSA) is 67.2 Å². The second-order valence-electron chi connectivity index (χ2n) is 10.3. The summed E-state index contributed by atoms with van der Waals surface area (Å²) >= 11 is 12.7. The summed E-state index contributed by atoms with van der Waals surface area (Å²) in [6.45, 7) is 5.50. The molecule has 0 bridgehead atoms. The van der Waals surface area contributed by atoms with Crippen LogP contribution in [0, 0.1) is 0 Å². The fourth-order valence-corrected chi connectivity index (χ4v) is 6.08. The normalized spacial score (nSPS) is 29.9. The largest absolute Gasteiger partial charge is 0.388 e. The van der Waals surface area contributed by atoms with Crippen LogP contribution >= 0.6 is 23.2 Å². The lowest BCUT2D eigenvalue weighted by Crippen LogP contribution is -2.60. The van der Waals surface area contributed by atoms with E-state index in [0.717, 1.165) is 17.7 Å². The Morgan fingerprint density at radius 3 is 2.47 bits per heavy atom. The molecule has 1 unspecified atom stereocenters. The number of nitrogens with zero attached hydrogens (tertiary/aromatic N) is 3. The van der Waals surface area contributed by atoms with Gasteiger partial charge in [0.1, 0.15) is 5.60 Å². The molecule has 2 aromatic rings. The summed E-state index contributed by atoms with van der Waals surface area (Å²) in [4.78, 5) is 19.7. The van der Waals surface area contributed by atoms with Crippen LogP contribution in [0.3, 0.4) is 0 Å². The van der Waals surface area contributed by atoms with Gasteiger partial charge in [0.15, 0.2) is 0 Å². The number of carbonyl (C=O) groups excluding carboxylic acids is 1. The van der Waals surface area contributed by atoms with Gasteiger partial charge in [0.05, 0.1) is 21.9 Å². The molecule has 3 atom stereocenters. The molecular weight excluding hydrogens is 473 g/mol. The van der Waals surface area contributed by atoms with Gasteiger partial charge in [0.25, 0.3) is 5.91 Å². The fraction of sp³-hybridized carbons (Fsp3) is 0.500. The van der Waals surface area contributed by atoms with Crippen molar-refractivity contribution >= 4 is 34.8 Å². The van der Waals surface area contributed by atoms with Crippen LogP contribution in [0.2, 0.25) is 10.0 Å². The Labute approximate surface area is 210 Å². The maximum absolute atomic E-state index is 13.5. The number of piperidine rings is 1. The molecule has 3 fully saturated rings. The van der Waals surface area contributed by atoms with Crippen LogP contribution in [0.4, 0.5) is 5.69 Å². The maximum atomic E-state index is 13.5. The number of amides is 1. The molecule has 3 aliphatic heterocycles. The lowest BCUT2D eigenvalue weighted by molar-refractivity contribution is -0.0740. The van der Waals surface area contributed by atoms with Crippen LogP contribution in [0.1, 0.15) is 42.1 Å². The van der Waals surface area contributed by atoms with Crippen molar-refractivity contribution in [3.8, 4) is 0 Å². The zero-order valence-electron chi connectivity index (χ0n) is 19.4. The highest BCUT2D eigenvalue weighted by Crippen LogP contribution is 2.37. The number of fused-ring (bicyclic) bond motifs is 1. The number of piperazine rings is 1. The summed E-state index contributed by atoms with van der Waals surface area (Å²) in [5, 5.41) is 22.8. The van der Waals surface area contributed by atoms with Gasteiger partial charge in [0.2, 0.25) is 0 Å². The summed E-state index contributed by atoms with van der Waals surface area (Å²) in [5.74, 6) is -0.0593. The summed E-state index contributed by atoms with van der Waals surface area (Å²) in [7, 11) is 0. The highest BCUT2D eigenvalue weighted by molar-refractivity contribution is 6.36. The van der Waals surface area contributed by atoms with Gasteiger partial charge in [-0.1, -0.05) is 41.4 Å². The Kier molecular flexibility index (Phi) is 6.32. The Morgan fingerprint density at radius 1 is 1.00 bits per heavy atom. The second kappa shape index (κ2) is 8.99. The van der Waals surface area contributed by atoms with Crippen LogP contribution in [-0.2, 0) is 5.60 Å². The number of benzene rings is 2. The van der Waals surface area contributed by atoms with Crippen molar-refractivity contribution in [2.45, 2.75) is 43.4 Å². The predicted molar refractivity (Wildman–Crippen MR) is 135 cm³/mol. The van der Waals surface area contributed by atoms with Crippen molar-refractivity contribution < 1.29 is 15.0 Å². The molecule has 2 N–H and O–H groups in total. The first-order chi connectivity index (χ1) is 16.2. The van der Waals surface area contributed by atoms with E-state index in [9.17, 15) is 15.0 Å². The number of anilines is 1. The molecule has 0 saturated carbocycles. The van der Waals surface area contributed by atoms with Gasteiger partial charge in [-0.05, 0) is 56.0 Å². The van der Waals surface area contributed by atoms with Crippen molar-refractivity contribution in [1.29, 1.82) is 0 Å². The number of hydrogen-bond acceptors (Lipinski definition) is 5. The Morgan fingerprint density at radius 2 is 1.76 bits per heavy atom.